The van der Waals surface area contributed by atoms with Gasteiger partial charge in [-0.1, -0.05) is 51.9 Å². The van der Waals surface area contributed by atoms with Gasteiger partial charge in [-0.25, -0.2) is 0 Å². The van der Waals surface area contributed by atoms with Crippen molar-refractivity contribution in [3.63, 3.8) is 0 Å². The molecule has 18 heterocycles. The highest BCUT2D eigenvalue weighted by molar-refractivity contribution is 6.11. The summed E-state index contributed by atoms with van der Waals surface area (Å²) in [7, 11) is 3.67. The first kappa shape index (κ1) is 99.3. The number of aromatic amines is 8. The maximum Gasteiger partial charge on any atom is 0.262 e. The van der Waals surface area contributed by atoms with Crippen molar-refractivity contribution in [2.24, 2.45) is 41.4 Å². The summed E-state index contributed by atoms with van der Waals surface area (Å²) in [6, 6.07) is 45.7. The Morgan fingerprint density at radius 1 is 0.345 bits per heavy atom. The first-order chi connectivity index (χ1) is 72.2. The molecule has 0 unspecified atom stereocenters. The van der Waals surface area contributed by atoms with Crippen LogP contribution < -0.4 is 67.8 Å². The SMILES string of the molecule is COCCc1[nH]nc2c1c(=O)n(CCCN)c1ccc(-c3cn[nH]c3)cc21.Cc1[nH]nc2c1c(=O)n(CCCN)c1ccc(-c3cc[nH]c3)cc21.Cc1[nH]nc2c1c(=O)n(CCCN)c1ccc(-c3cccn3C)cc21.Cc1[nH]nc2c1c(=O)n(CCCN)c1ccc(-c3ccon3)cc21.Cc1[nH]nc2c1c(=O)n(CCCN)c1ccc(-c3ccon3)cc21.Cc1[nH]nc2c1c(=O)n(CCCN)c1ccc(-c3cnoc3)cc21. The van der Waals surface area contributed by atoms with E-state index in [0.29, 0.717) is 146 Å². The van der Waals surface area contributed by atoms with Gasteiger partial charge in [-0.15, -0.1) is 0 Å². The van der Waals surface area contributed by atoms with Gasteiger partial charge in [0, 0.05) is 186 Å². The van der Waals surface area contributed by atoms with Gasteiger partial charge in [-0.05, 0) is 231 Å². The van der Waals surface area contributed by atoms with E-state index in [0.717, 1.165) is 216 Å². The number of hydrogen-bond acceptors (Lipinski definition) is 26. The summed E-state index contributed by atoms with van der Waals surface area (Å²) < 4.78 is 32.8. The number of aromatic nitrogens is 25. The fourth-order valence-corrected chi connectivity index (χ4v) is 19.4. The van der Waals surface area contributed by atoms with Crippen molar-refractivity contribution in [1.82, 2.24) is 124 Å². The van der Waals surface area contributed by atoms with Crippen LogP contribution in [0.1, 0.15) is 72.7 Å². The average Bonchev–Trinajstić information content (AvgIpc) is 1.47. The van der Waals surface area contributed by atoms with Crippen molar-refractivity contribution < 1.29 is 18.3 Å². The normalized spacial score (nSPS) is 11.6. The molecule has 6 aromatic carbocycles. The average molecular weight is 1990 g/mol. The molecule has 41 nitrogen and oxygen atoms in total. The van der Waals surface area contributed by atoms with Crippen LogP contribution in [0.4, 0.5) is 0 Å². The molecule has 0 aliphatic carbocycles. The molecule has 0 radical (unpaired) electrons. The molecule has 0 amide bonds. The minimum absolute atomic E-state index is 0.00573. The maximum absolute atomic E-state index is 13.2. The Morgan fingerprint density at radius 2 is 0.676 bits per heavy atom. The number of hydrogen-bond donors (Lipinski definition) is 14. The molecule has 20 N–H and O–H groups in total. The third-order valence-electron chi connectivity index (χ3n) is 26.9. The van der Waals surface area contributed by atoms with Crippen molar-refractivity contribution in [2.45, 2.75) is 119 Å². The Labute approximate surface area is 840 Å². The number of ether oxygens (including phenoxy) is 1. The Morgan fingerprint density at radius 3 is 0.986 bits per heavy atom. The second kappa shape index (κ2) is 43.6. The molecule has 756 valence electrons. The van der Waals surface area contributed by atoms with E-state index in [2.05, 4.69) is 127 Å². The van der Waals surface area contributed by atoms with Gasteiger partial charge in [0.2, 0.25) is 0 Å². The largest absolute Gasteiger partial charge is 0.384 e. The van der Waals surface area contributed by atoms with Crippen LogP contribution in [0.5, 0.6) is 0 Å². The van der Waals surface area contributed by atoms with Crippen molar-refractivity contribution in [3.05, 3.63) is 292 Å². The van der Waals surface area contributed by atoms with E-state index in [1.54, 1.807) is 56.2 Å². The van der Waals surface area contributed by atoms with Crippen LogP contribution in [0.25, 0.3) is 198 Å². The van der Waals surface area contributed by atoms with Crippen LogP contribution in [0.2, 0.25) is 0 Å². The fourth-order valence-electron chi connectivity index (χ4n) is 19.4. The molecule has 24 rings (SSSR count). The molecule has 0 saturated heterocycles. The molecule has 18 aromatic heterocycles. The molecule has 0 aliphatic rings. The standard InChI is InChI=1S/C19H22N6O2.C19H21N5O.C18H19N5O.3C17H17N5O2/c1-27-8-5-15-17-18(24-23-15)14-9-12(13-10-21-22-11-13)3-4-16(14)25(19(17)26)7-2-6-20;1-12-17-18(22-21-12)14-11-13(15-5-3-9-23(15)2)6-7-16(14)24(19(17)25)10-4-8-20;1-11-16-17(22-21-11)14-9-12(13-5-7-20-10-13)3-4-15(14)23(18(16)24)8-2-6-19;2*1-10-15-16(20-19-10)12-9-11(13-5-8-24-21-13)3-4-14(12)22(17(15)23)7-2-6-18;1-10-15-16(21-20-10)13-7-11(12-8-19-24-9-12)3-4-14(13)22(17(15)23)6-2-5-18/h3-4,9-11H,2,5-8,20H2,1H3,(H,21,22)(H,23,24);3,5-7,9,11H,4,8,10,20H2,1-2H3,(H,21,22);3-5,7,9-10,20H,2,6,8,19H2,1H3,(H,21,22);2*3-5,8-9H,2,6-7,18H2,1H3,(H,19,20);3-4,7-9H,2,5-6,18H2,1H3,(H,20,21). The zero-order valence-corrected chi connectivity index (χ0v) is 82.8. The number of nitrogens with zero attached hydrogens (tertiary/aromatic N) is 17. The van der Waals surface area contributed by atoms with E-state index < -0.39 is 0 Å². The van der Waals surface area contributed by atoms with Gasteiger partial charge in [0.15, 0.2) is 0 Å². The fraction of sp³-hybridized carbons (Fsp3) is 0.252. The van der Waals surface area contributed by atoms with E-state index in [1.807, 2.05) is 173 Å². The van der Waals surface area contributed by atoms with Gasteiger partial charge in [-0.2, -0.15) is 35.7 Å². The van der Waals surface area contributed by atoms with Crippen molar-refractivity contribution in [2.75, 3.05) is 53.0 Å². The van der Waals surface area contributed by atoms with Gasteiger partial charge in [-0.3, -0.25) is 64.5 Å². The predicted molar refractivity (Wildman–Crippen MR) is 577 cm³/mol. The highest BCUT2D eigenvalue weighted by atomic mass is 16.5. The van der Waals surface area contributed by atoms with Crippen molar-refractivity contribution in [1.29, 1.82) is 0 Å². The lowest BCUT2D eigenvalue weighted by molar-refractivity contribution is 0.201. The van der Waals surface area contributed by atoms with Crippen LogP contribution in [-0.2, 0) is 57.5 Å². The molecule has 0 bridgehead atoms. The number of H-pyrrole nitrogens is 8. The number of rotatable bonds is 27. The van der Waals surface area contributed by atoms with Crippen LogP contribution >= 0.6 is 0 Å². The van der Waals surface area contributed by atoms with Crippen LogP contribution in [0.3, 0.4) is 0 Å². The lowest BCUT2D eigenvalue weighted by Crippen LogP contribution is -2.23. The topological polar surface area (TPSA) is 597 Å². The summed E-state index contributed by atoms with van der Waals surface area (Å²) in [5.41, 5.74) is 59.5. The van der Waals surface area contributed by atoms with Gasteiger partial charge < -0.3 is 89.7 Å². The number of pyridine rings is 6. The van der Waals surface area contributed by atoms with E-state index in [4.69, 9.17) is 52.7 Å². The van der Waals surface area contributed by atoms with Gasteiger partial charge in [0.05, 0.1) is 90.1 Å². The molecule has 41 heteroatoms. The smallest absolute Gasteiger partial charge is 0.262 e. The van der Waals surface area contributed by atoms with Crippen LogP contribution in [-0.4, -0.2) is 177 Å². The summed E-state index contributed by atoms with van der Waals surface area (Å²) >= 11 is 0. The van der Waals surface area contributed by atoms with E-state index in [-0.39, 0.29) is 33.4 Å². The summed E-state index contributed by atoms with van der Waals surface area (Å²) in [6.45, 7) is 16.6. The summed E-state index contributed by atoms with van der Waals surface area (Å²) in [5.74, 6) is 0. The monoisotopic (exact) mass is 1990 g/mol. The van der Waals surface area contributed by atoms with E-state index >= 15 is 0 Å². The second-order valence-corrected chi connectivity index (χ2v) is 36.3. The molecular weight excluding hydrogens is 1880 g/mol. The van der Waals surface area contributed by atoms with Crippen LogP contribution in [0.15, 0.2) is 238 Å². The Balaban J connectivity index is 0.000000112. The summed E-state index contributed by atoms with van der Waals surface area (Å²) in [6.07, 6.45) is 20.9. The van der Waals surface area contributed by atoms with Crippen LogP contribution in [0, 0.1) is 34.6 Å². The van der Waals surface area contributed by atoms with E-state index in [1.165, 1.54) is 12.5 Å². The number of nitrogens with one attached hydrogen (secondary N) is 8. The van der Waals surface area contributed by atoms with Crippen molar-refractivity contribution >= 4 is 131 Å². The lowest BCUT2D eigenvalue weighted by Gasteiger charge is -2.12. The van der Waals surface area contributed by atoms with E-state index in [9.17, 15) is 28.8 Å². The zero-order chi connectivity index (χ0) is 103. The highest BCUT2D eigenvalue weighted by Crippen LogP contribution is 2.37. The second-order valence-electron chi connectivity index (χ2n) is 36.3. The number of methoxy groups -OCH3 is 1. The Hall–Kier alpha value is -17.5. The minimum atomic E-state index is -0.0399. The molecule has 24 aromatic rings. The first-order valence-electron chi connectivity index (χ1n) is 48.9. The molecule has 0 aliphatic heterocycles. The third kappa shape index (κ3) is 19.0. The quantitative estimate of drug-likeness (QED) is 0.0227. The summed E-state index contributed by atoms with van der Waals surface area (Å²) in [4.78, 5) is 80.8. The Kier molecular flexibility index (Phi) is 29.2. The minimum Gasteiger partial charge on any atom is -0.384 e. The van der Waals surface area contributed by atoms with Gasteiger partial charge in [0.1, 0.15) is 63.3 Å². The summed E-state index contributed by atoms with van der Waals surface area (Å²) in [5, 5.41) is 72.0. The number of aryl methyl sites for hydroxylation is 12. The molecular formula is C107H113N31O10. The molecule has 0 atom stereocenters. The third-order valence-corrected chi connectivity index (χ3v) is 26.9. The number of nitrogens with two attached hydrogens (primary N) is 6. The molecule has 148 heavy (non-hydrogen) atoms. The zero-order valence-electron chi connectivity index (χ0n) is 82.8. The Bertz CT molecular complexity index is 8620. The predicted octanol–water partition coefficient (Wildman–Crippen LogP) is 13.4. The molecule has 0 saturated carbocycles. The first-order valence-corrected chi connectivity index (χ1v) is 48.9. The van der Waals surface area contributed by atoms with Crippen molar-refractivity contribution in [3.8, 4) is 67.2 Å². The highest BCUT2D eigenvalue weighted by Gasteiger charge is 2.26. The number of benzene rings is 6. The lowest BCUT2D eigenvalue weighted by atomic mass is 10.0. The van der Waals surface area contributed by atoms with Gasteiger partial charge >= 0.3 is 0 Å². The molecule has 0 spiro atoms. The number of fused-ring (bicyclic) bond motifs is 18. The molecule has 0 fully saturated rings. The van der Waals surface area contributed by atoms with Gasteiger partial charge in [0.25, 0.3) is 33.4 Å². The maximum atomic E-state index is 13.2.